The van der Waals surface area contributed by atoms with Gasteiger partial charge in [0.25, 0.3) is 0 Å². The van der Waals surface area contributed by atoms with Gasteiger partial charge >= 0.3 is 0 Å². The van der Waals surface area contributed by atoms with Crippen LogP contribution in [0.2, 0.25) is 0 Å². The van der Waals surface area contributed by atoms with E-state index in [2.05, 4.69) is 44.3 Å². The van der Waals surface area contributed by atoms with Crippen LogP contribution in [0.4, 0.5) is 17.1 Å². The van der Waals surface area contributed by atoms with Crippen LogP contribution in [0.5, 0.6) is 0 Å². The summed E-state index contributed by atoms with van der Waals surface area (Å²) in [6, 6.07) is 14.4. The van der Waals surface area contributed by atoms with Gasteiger partial charge in [-0.3, -0.25) is 5.43 Å². The Bertz CT molecular complexity index is 958. The minimum absolute atomic E-state index is 0.755. The fourth-order valence-corrected chi connectivity index (χ4v) is 3.52. The Morgan fingerprint density at radius 1 is 0.920 bits per heavy atom. The maximum Gasteiger partial charge on any atom is 0.227 e. The average molecular weight is 336 g/mol. The third-order valence-electron chi connectivity index (χ3n) is 4.95. The van der Waals surface area contributed by atoms with E-state index in [1.165, 1.54) is 18.5 Å². The molecule has 1 aliphatic heterocycles. The van der Waals surface area contributed by atoms with E-state index in [9.17, 15) is 0 Å². The lowest BCUT2D eigenvalue weighted by Crippen LogP contribution is -2.23. The van der Waals surface area contributed by atoms with E-state index in [0.717, 1.165) is 41.1 Å². The number of aryl methyl sites for hydroxylation is 2. The molecule has 6 heteroatoms. The number of nitrogens with zero attached hydrogens (tertiary/aromatic N) is 4. The standard InChI is InChI=1S/C19H24N6/c1-23-17-10-5-14(20)13-18(17)24(2)19(23)22-21-15-6-8-16(9-7-15)25-11-3-4-12-25/h5-10,13,21H,3-4,11-12,20H2,1-2H3. The van der Waals surface area contributed by atoms with Crippen molar-refractivity contribution in [3.05, 3.63) is 48.1 Å². The molecule has 0 unspecified atom stereocenters. The number of rotatable bonds is 3. The molecule has 1 aromatic heterocycles. The normalized spacial score (nSPS) is 15.3. The van der Waals surface area contributed by atoms with Gasteiger partial charge in [-0.05, 0) is 55.3 Å². The summed E-state index contributed by atoms with van der Waals surface area (Å²) < 4.78 is 4.09. The van der Waals surface area contributed by atoms with Gasteiger partial charge in [0, 0.05) is 38.6 Å². The number of benzene rings is 2. The van der Waals surface area contributed by atoms with Gasteiger partial charge in [-0.2, -0.15) is 0 Å². The molecule has 4 rings (SSSR count). The second-order valence-corrected chi connectivity index (χ2v) is 6.63. The Kier molecular flexibility index (Phi) is 3.87. The maximum atomic E-state index is 5.91. The van der Waals surface area contributed by atoms with Crippen molar-refractivity contribution in [2.24, 2.45) is 19.2 Å². The van der Waals surface area contributed by atoms with Crippen LogP contribution in [0.25, 0.3) is 11.0 Å². The molecular formula is C19H24N6. The number of nitrogens with one attached hydrogen (secondary N) is 1. The van der Waals surface area contributed by atoms with Crippen molar-refractivity contribution >= 4 is 28.1 Å². The highest BCUT2D eigenvalue weighted by Crippen LogP contribution is 2.22. The van der Waals surface area contributed by atoms with Crippen molar-refractivity contribution in [3.63, 3.8) is 0 Å². The molecule has 0 aliphatic carbocycles. The van der Waals surface area contributed by atoms with Gasteiger partial charge in [0.2, 0.25) is 5.62 Å². The quantitative estimate of drug-likeness (QED) is 0.571. The predicted octanol–water partition coefficient (Wildman–Crippen LogP) is 2.63. The SMILES string of the molecule is Cn1c(=NNc2ccc(N3CCCC3)cc2)n(C)c2cc(N)ccc21. The summed E-state index contributed by atoms with van der Waals surface area (Å²) in [4.78, 5) is 2.43. The molecule has 6 nitrogen and oxygen atoms in total. The predicted molar refractivity (Wildman–Crippen MR) is 103 cm³/mol. The van der Waals surface area contributed by atoms with Crippen LogP contribution in [-0.2, 0) is 14.1 Å². The topological polar surface area (TPSA) is 63.5 Å². The van der Waals surface area contributed by atoms with Gasteiger partial charge in [0.05, 0.1) is 16.7 Å². The van der Waals surface area contributed by atoms with E-state index in [-0.39, 0.29) is 0 Å². The lowest BCUT2D eigenvalue weighted by Gasteiger charge is -2.17. The lowest BCUT2D eigenvalue weighted by molar-refractivity contribution is 0.754. The monoisotopic (exact) mass is 336 g/mol. The first-order valence-corrected chi connectivity index (χ1v) is 8.69. The van der Waals surface area contributed by atoms with Crippen molar-refractivity contribution in [1.29, 1.82) is 0 Å². The lowest BCUT2D eigenvalue weighted by atomic mass is 10.2. The van der Waals surface area contributed by atoms with E-state index < -0.39 is 0 Å². The molecule has 2 heterocycles. The zero-order valence-electron chi connectivity index (χ0n) is 14.7. The van der Waals surface area contributed by atoms with E-state index >= 15 is 0 Å². The van der Waals surface area contributed by atoms with Gasteiger partial charge < -0.3 is 19.8 Å². The van der Waals surface area contributed by atoms with Crippen molar-refractivity contribution in [3.8, 4) is 0 Å². The Morgan fingerprint density at radius 2 is 1.60 bits per heavy atom. The molecule has 2 aromatic carbocycles. The molecule has 3 N–H and O–H groups in total. The van der Waals surface area contributed by atoms with Gasteiger partial charge in [-0.15, -0.1) is 5.10 Å². The van der Waals surface area contributed by atoms with Gasteiger partial charge in [0.1, 0.15) is 0 Å². The first kappa shape index (κ1) is 15.6. The fourth-order valence-electron chi connectivity index (χ4n) is 3.52. The smallest absolute Gasteiger partial charge is 0.227 e. The second-order valence-electron chi connectivity index (χ2n) is 6.63. The van der Waals surface area contributed by atoms with Gasteiger partial charge in [0.15, 0.2) is 0 Å². The van der Waals surface area contributed by atoms with Gasteiger partial charge in [-0.25, -0.2) is 0 Å². The first-order valence-electron chi connectivity index (χ1n) is 8.69. The van der Waals surface area contributed by atoms with Crippen LogP contribution >= 0.6 is 0 Å². The molecule has 130 valence electrons. The molecule has 0 radical (unpaired) electrons. The molecule has 0 amide bonds. The molecule has 25 heavy (non-hydrogen) atoms. The Balaban J connectivity index is 1.62. The van der Waals surface area contributed by atoms with Gasteiger partial charge in [-0.1, -0.05) is 0 Å². The summed E-state index contributed by atoms with van der Waals surface area (Å²) in [5.41, 5.74) is 15.1. The molecule has 0 saturated carbocycles. The van der Waals surface area contributed by atoms with Crippen LogP contribution in [-0.4, -0.2) is 22.2 Å². The summed E-state index contributed by atoms with van der Waals surface area (Å²) in [5, 5.41) is 4.59. The zero-order chi connectivity index (χ0) is 17.4. The molecule has 0 atom stereocenters. The number of nitrogens with two attached hydrogens (primary N) is 1. The number of anilines is 3. The van der Waals surface area contributed by atoms with E-state index in [4.69, 9.17) is 5.73 Å². The average Bonchev–Trinajstić information content (AvgIpc) is 3.23. The summed E-state index contributed by atoms with van der Waals surface area (Å²) in [6.07, 6.45) is 2.58. The third kappa shape index (κ3) is 2.84. The number of hydrogen-bond acceptors (Lipinski definition) is 4. The van der Waals surface area contributed by atoms with E-state index in [0.29, 0.717) is 0 Å². The fraction of sp³-hybridized carbons (Fsp3) is 0.316. The van der Waals surface area contributed by atoms with Crippen LogP contribution < -0.4 is 21.7 Å². The highest BCUT2D eigenvalue weighted by Gasteiger charge is 2.11. The van der Waals surface area contributed by atoms with Crippen molar-refractivity contribution in [2.45, 2.75) is 12.8 Å². The number of hydrogen-bond donors (Lipinski definition) is 2. The second kappa shape index (κ2) is 6.20. The number of fused-ring (bicyclic) bond motifs is 1. The molecule has 0 bridgehead atoms. The summed E-state index contributed by atoms with van der Waals surface area (Å²) in [5.74, 6) is 0. The van der Waals surface area contributed by atoms with Crippen molar-refractivity contribution in [1.82, 2.24) is 9.13 Å². The number of imidazole rings is 1. The summed E-state index contributed by atoms with van der Waals surface area (Å²) in [6.45, 7) is 2.32. The maximum absolute atomic E-state index is 5.91. The molecule has 1 fully saturated rings. The number of nitrogen functional groups attached to an aromatic ring is 1. The largest absolute Gasteiger partial charge is 0.399 e. The number of aromatic nitrogens is 2. The molecular weight excluding hydrogens is 312 g/mol. The van der Waals surface area contributed by atoms with Crippen LogP contribution in [0, 0.1) is 0 Å². The van der Waals surface area contributed by atoms with E-state index in [1.807, 2.05) is 36.9 Å². The highest BCUT2D eigenvalue weighted by atomic mass is 15.3. The molecule has 0 spiro atoms. The molecule has 1 aliphatic rings. The molecule has 1 saturated heterocycles. The summed E-state index contributed by atoms with van der Waals surface area (Å²) >= 11 is 0. The first-order chi connectivity index (χ1) is 12.1. The van der Waals surface area contributed by atoms with Crippen LogP contribution in [0.3, 0.4) is 0 Å². The minimum atomic E-state index is 0.755. The van der Waals surface area contributed by atoms with Crippen LogP contribution in [0.15, 0.2) is 47.6 Å². The zero-order valence-corrected chi connectivity index (χ0v) is 14.7. The van der Waals surface area contributed by atoms with Crippen molar-refractivity contribution in [2.75, 3.05) is 29.1 Å². The van der Waals surface area contributed by atoms with E-state index in [1.54, 1.807) is 0 Å². The Hall–Kier alpha value is -2.89. The third-order valence-corrected chi connectivity index (χ3v) is 4.95. The molecule has 3 aromatic rings. The highest BCUT2D eigenvalue weighted by molar-refractivity contribution is 5.79. The summed E-state index contributed by atoms with van der Waals surface area (Å²) in [7, 11) is 4.01. The van der Waals surface area contributed by atoms with Crippen molar-refractivity contribution < 1.29 is 0 Å². The van der Waals surface area contributed by atoms with Crippen LogP contribution in [0.1, 0.15) is 12.8 Å². The Morgan fingerprint density at radius 3 is 2.32 bits per heavy atom. The minimum Gasteiger partial charge on any atom is -0.399 e. The Labute approximate surface area is 147 Å².